The number of amides is 1. The third kappa shape index (κ3) is 5.27. The Hall–Kier alpha value is -1.69. The Morgan fingerprint density at radius 3 is 2.52 bits per heavy atom. The fourth-order valence-corrected chi connectivity index (χ4v) is 5.08. The molecule has 29 heavy (non-hydrogen) atoms. The zero-order valence-electron chi connectivity index (χ0n) is 18.1. The molecule has 1 aromatic heterocycles. The average molecular weight is 415 g/mol. The number of thiophene rings is 1. The van der Waals surface area contributed by atoms with Crippen LogP contribution in [-0.4, -0.2) is 36.7 Å². The lowest BCUT2D eigenvalue weighted by molar-refractivity contribution is -0.146. The molecule has 2 unspecified atom stereocenters. The molecule has 1 fully saturated rings. The van der Waals surface area contributed by atoms with E-state index in [4.69, 9.17) is 4.74 Å². The summed E-state index contributed by atoms with van der Waals surface area (Å²) in [4.78, 5) is 18.5. The summed E-state index contributed by atoms with van der Waals surface area (Å²) in [5.74, 6) is 0.00910. The zero-order valence-corrected chi connectivity index (χ0v) is 19.0. The van der Waals surface area contributed by atoms with E-state index in [0.29, 0.717) is 18.0 Å². The van der Waals surface area contributed by atoms with Gasteiger partial charge in [-0.05, 0) is 55.8 Å². The smallest absolute Gasteiger partial charge is 0.253 e. The number of ether oxygens (including phenoxy) is 1. The number of carbonyl (C=O) groups is 1. The second kappa shape index (κ2) is 9.88. The van der Waals surface area contributed by atoms with Gasteiger partial charge >= 0.3 is 0 Å². The van der Waals surface area contributed by atoms with Gasteiger partial charge in [-0.25, -0.2) is 0 Å². The maximum absolute atomic E-state index is 13.2. The number of likely N-dealkylation sites (tertiary alicyclic amines) is 1. The molecule has 2 atom stereocenters. The number of hydrogen-bond donors (Lipinski definition) is 0. The number of rotatable bonds is 8. The third-order valence-corrected chi connectivity index (χ3v) is 7.51. The van der Waals surface area contributed by atoms with Crippen molar-refractivity contribution in [2.24, 2.45) is 5.41 Å². The van der Waals surface area contributed by atoms with Crippen molar-refractivity contribution in [1.82, 2.24) is 4.90 Å². The van der Waals surface area contributed by atoms with Gasteiger partial charge in [-0.3, -0.25) is 9.69 Å². The van der Waals surface area contributed by atoms with Gasteiger partial charge in [0.15, 0.2) is 0 Å². The summed E-state index contributed by atoms with van der Waals surface area (Å²) in [7, 11) is 2.12. The summed E-state index contributed by atoms with van der Waals surface area (Å²) in [5, 5.41) is 2.05. The zero-order chi connectivity index (χ0) is 20.9. The molecule has 2 aromatic rings. The largest absolute Gasteiger partial charge is 0.353 e. The second-order valence-electron chi connectivity index (χ2n) is 8.29. The number of anilines is 1. The molecule has 1 aliphatic rings. The van der Waals surface area contributed by atoms with Crippen LogP contribution in [0, 0.1) is 5.41 Å². The first kappa shape index (κ1) is 22.0. The molecule has 1 amide bonds. The first-order valence-electron chi connectivity index (χ1n) is 10.7. The molecule has 5 heteroatoms. The SMILES string of the molecule is CCC1(CC)CC(C)N(C)C(OCC(=O)N(Cc2cccs2)c2ccccc2)C1. The van der Waals surface area contributed by atoms with E-state index in [9.17, 15) is 4.79 Å². The third-order valence-electron chi connectivity index (χ3n) is 6.65. The van der Waals surface area contributed by atoms with E-state index in [2.05, 4.69) is 38.8 Å². The Morgan fingerprint density at radius 2 is 1.90 bits per heavy atom. The Morgan fingerprint density at radius 1 is 1.17 bits per heavy atom. The van der Waals surface area contributed by atoms with Gasteiger partial charge in [-0.2, -0.15) is 0 Å². The van der Waals surface area contributed by atoms with E-state index < -0.39 is 0 Å². The highest BCUT2D eigenvalue weighted by Crippen LogP contribution is 2.43. The maximum atomic E-state index is 13.2. The van der Waals surface area contributed by atoms with Crippen LogP contribution in [0.3, 0.4) is 0 Å². The standard InChI is InChI=1S/C24H34N2O2S/c1-5-24(6-2)15-19(3)25(4)23(16-24)28-18-22(27)26(17-21-13-10-14-29-21)20-11-8-7-9-12-20/h7-14,19,23H,5-6,15-18H2,1-4H3. The van der Waals surface area contributed by atoms with Crippen molar-refractivity contribution in [3.63, 3.8) is 0 Å². The Kier molecular flexibility index (Phi) is 7.49. The highest BCUT2D eigenvalue weighted by molar-refractivity contribution is 7.09. The number of nitrogens with zero attached hydrogens (tertiary/aromatic N) is 2. The predicted molar refractivity (Wildman–Crippen MR) is 121 cm³/mol. The summed E-state index contributed by atoms with van der Waals surface area (Å²) in [5.41, 5.74) is 1.23. The molecule has 0 N–H and O–H groups in total. The summed E-state index contributed by atoms with van der Waals surface area (Å²) in [6.45, 7) is 7.51. The highest BCUT2D eigenvalue weighted by atomic mass is 32.1. The van der Waals surface area contributed by atoms with Crippen molar-refractivity contribution in [1.29, 1.82) is 0 Å². The molecule has 1 aromatic carbocycles. The summed E-state index contributed by atoms with van der Waals surface area (Å²) >= 11 is 1.67. The van der Waals surface area contributed by atoms with Crippen molar-refractivity contribution in [2.75, 3.05) is 18.6 Å². The van der Waals surface area contributed by atoms with Crippen LogP contribution >= 0.6 is 11.3 Å². The number of hydrogen-bond acceptors (Lipinski definition) is 4. The molecule has 1 aliphatic heterocycles. The summed E-state index contributed by atoms with van der Waals surface area (Å²) in [6.07, 6.45) is 4.49. The predicted octanol–water partition coefficient (Wildman–Crippen LogP) is 5.54. The summed E-state index contributed by atoms with van der Waals surface area (Å²) < 4.78 is 6.25. The molecule has 3 rings (SSSR count). The minimum absolute atomic E-state index is 0.00910. The fourth-order valence-electron chi connectivity index (χ4n) is 4.39. The van der Waals surface area contributed by atoms with E-state index >= 15 is 0 Å². The lowest BCUT2D eigenvalue weighted by Crippen LogP contribution is -2.51. The van der Waals surface area contributed by atoms with Gasteiger partial charge in [0.25, 0.3) is 5.91 Å². The number of piperidine rings is 1. The minimum Gasteiger partial charge on any atom is -0.353 e. The Balaban J connectivity index is 1.70. The monoisotopic (exact) mass is 414 g/mol. The van der Waals surface area contributed by atoms with Crippen molar-refractivity contribution in [2.45, 2.75) is 65.3 Å². The lowest BCUT2D eigenvalue weighted by atomic mass is 9.71. The van der Waals surface area contributed by atoms with Gasteiger partial charge in [0.2, 0.25) is 0 Å². The molecular formula is C24H34N2O2S. The van der Waals surface area contributed by atoms with Crippen LogP contribution in [0.5, 0.6) is 0 Å². The van der Waals surface area contributed by atoms with Crippen LogP contribution in [0.1, 0.15) is 51.3 Å². The van der Waals surface area contributed by atoms with Crippen LogP contribution in [0.25, 0.3) is 0 Å². The minimum atomic E-state index is -0.0121. The molecule has 4 nitrogen and oxygen atoms in total. The Bertz CT molecular complexity index is 758. The van der Waals surface area contributed by atoms with E-state index in [1.165, 1.54) is 11.3 Å². The lowest BCUT2D eigenvalue weighted by Gasteiger charge is -2.48. The number of carbonyl (C=O) groups excluding carboxylic acids is 1. The molecule has 0 saturated carbocycles. The van der Waals surface area contributed by atoms with E-state index in [-0.39, 0.29) is 18.7 Å². The van der Waals surface area contributed by atoms with Crippen LogP contribution < -0.4 is 4.90 Å². The first-order valence-corrected chi connectivity index (χ1v) is 11.6. The van der Waals surface area contributed by atoms with Crippen molar-refractivity contribution in [3.8, 4) is 0 Å². The van der Waals surface area contributed by atoms with Gasteiger partial charge in [0.05, 0.1) is 6.54 Å². The van der Waals surface area contributed by atoms with E-state index in [1.54, 1.807) is 11.3 Å². The topological polar surface area (TPSA) is 32.8 Å². The number of benzene rings is 1. The quantitative estimate of drug-likeness (QED) is 0.568. The average Bonchev–Trinajstić information content (AvgIpc) is 3.27. The van der Waals surface area contributed by atoms with Gasteiger partial charge in [0, 0.05) is 16.6 Å². The van der Waals surface area contributed by atoms with Crippen LogP contribution in [0.4, 0.5) is 5.69 Å². The summed E-state index contributed by atoms with van der Waals surface area (Å²) in [6, 6.07) is 14.4. The van der Waals surface area contributed by atoms with Crippen LogP contribution in [0.15, 0.2) is 47.8 Å². The van der Waals surface area contributed by atoms with Crippen molar-refractivity contribution >= 4 is 22.9 Å². The molecule has 1 saturated heterocycles. The molecule has 0 radical (unpaired) electrons. The normalized spacial score (nSPS) is 21.8. The fraction of sp³-hybridized carbons (Fsp3) is 0.542. The first-order chi connectivity index (χ1) is 14.0. The van der Waals surface area contributed by atoms with Gasteiger partial charge in [-0.1, -0.05) is 51.0 Å². The molecular weight excluding hydrogens is 380 g/mol. The molecule has 0 aliphatic carbocycles. The van der Waals surface area contributed by atoms with Gasteiger partial charge in [-0.15, -0.1) is 11.3 Å². The van der Waals surface area contributed by atoms with Crippen LogP contribution in [0.2, 0.25) is 0 Å². The van der Waals surface area contributed by atoms with Crippen molar-refractivity contribution in [3.05, 3.63) is 52.7 Å². The molecule has 158 valence electrons. The molecule has 2 heterocycles. The van der Waals surface area contributed by atoms with Gasteiger partial charge < -0.3 is 9.64 Å². The molecule has 0 spiro atoms. The van der Waals surface area contributed by atoms with Gasteiger partial charge in [0.1, 0.15) is 12.8 Å². The van der Waals surface area contributed by atoms with Crippen LogP contribution in [-0.2, 0) is 16.1 Å². The molecule has 0 bridgehead atoms. The van der Waals surface area contributed by atoms with E-state index in [1.807, 2.05) is 46.7 Å². The number of para-hydroxylation sites is 1. The maximum Gasteiger partial charge on any atom is 0.253 e. The highest BCUT2D eigenvalue weighted by Gasteiger charge is 2.40. The van der Waals surface area contributed by atoms with Crippen molar-refractivity contribution < 1.29 is 9.53 Å². The van der Waals surface area contributed by atoms with E-state index in [0.717, 1.165) is 24.9 Å². The second-order valence-corrected chi connectivity index (χ2v) is 9.32. The Labute approximate surface area is 179 Å².